The lowest BCUT2D eigenvalue weighted by atomic mass is 10.1. The van der Waals surface area contributed by atoms with E-state index in [-0.39, 0.29) is 5.56 Å². The summed E-state index contributed by atoms with van der Waals surface area (Å²) in [5, 5.41) is 17.7. The van der Waals surface area contributed by atoms with Crippen LogP contribution in [0.1, 0.15) is 10.4 Å². The van der Waals surface area contributed by atoms with Crippen LogP contribution in [-0.4, -0.2) is 22.0 Å². The Balaban J connectivity index is 3.07. The molecule has 6 heteroatoms. The monoisotopic (exact) mass is 304 g/mol. The van der Waals surface area contributed by atoms with Crippen LogP contribution in [0.5, 0.6) is 0 Å². The molecule has 0 unspecified atom stereocenters. The number of allylic oxidation sites excluding steroid dienone is 1. The SMILES string of the molecule is O=C(O)/C(O)=C/C(=O)c1ccc(Cl)cc1Br. The molecule has 0 heterocycles. The molecule has 0 amide bonds. The summed E-state index contributed by atoms with van der Waals surface area (Å²) in [6, 6.07) is 4.42. The Morgan fingerprint density at radius 3 is 2.44 bits per heavy atom. The van der Waals surface area contributed by atoms with Crippen molar-refractivity contribution in [1.82, 2.24) is 0 Å². The lowest BCUT2D eigenvalue weighted by Gasteiger charge is -2.00. The first-order chi connectivity index (χ1) is 7.41. The van der Waals surface area contributed by atoms with E-state index in [0.717, 1.165) is 0 Å². The number of rotatable bonds is 3. The van der Waals surface area contributed by atoms with Crippen LogP contribution in [0.4, 0.5) is 0 Å². The van der Waals surface area contributed by atoms with Gasteiger partial charge in [0.25, 0.3) is 0 Å². The van der Waals surface area contributed by atoms with Gasteiger partial charge in [-0.3, -0.25) is 4.79 Å². The van der Waals surface area contributed by atoms with Crippen LogP contribution in [0, 0.1) is 0 Å². The van der Waals surface area contributed by atoms with Crippen molar-refractivity contribution in [1.29, 1.82) is 0 Å². The van der Waals surface area contributed by atoms with Crippen molar-refractivity contribution in [3.05, 3.63) is 45.1 Å². The van der Waals surface area contributed by atoms with E-state index in [2.05, 4.69) is 15.9 Å². The van der Waals surface area contributed by atoms with Gasteiger partial charge in [0.15, 0.2) is 5.78 Å². The number of benzene rings is 1. The number of carboxylic acids is 1. The van der Waals surface area contributed by atoms with Crippen LogP contribution in [0.3, 0.4) is 0 Å². The molecule has 4 nitrogen and oxygen atoms in total. The third-order valence-corrected chi connectivity index (χ3v) is 2.57. The van der Waals surface area contributed by atoms with Crippen LogP contribution < -0.4 is 0 Å². The Kier molecular flexibility index (Phi) is 4.09. The summed E-state index contributed by atoms with van der Waals surface area (Å²) in [6.45, 7) is 0. The molecule has 1 rings (SSSR count). The van der Waals surface area contributed by atoms with E-state index in [9.17, 15) is 9.59 Å². The molecule has 0 aliphatic heterocycles. The summed E-state index contributed by atoms with van der Waals surface area (Å²) in [6.07, 6.45) is 0.635. The van der Waals surface area contributed by atoms with Gasteiger partial charge in [-0.25, -0.2) is 4.79 Å². The van der Waals surface area contributed by atoms with Crippen molar-refractivity contribution in [3.63, 3.8) is 0 Å². The standard InChI is InChI=1S/C10H6BrClO4/c11-7-3-5(12)1-2-6(7)8(13)4-9(14)10(15)16/h1-4,14H,(H,15,16)/b9-4-. The molecule has 16 heavy (non-hydrogen) atoms. The third-order valence-electron chi connectivity index (χ3n) is 1.68. The quantitative estimate of drug-likeness (QED) is 0.511. The Morgan fingerprint density at radius 2 is 1.94 bits per heavy atom. The fourth-order valence-electron chi connectivity index (χ4n) is 0.953. The zero-order chi connectivity index (χ0) is 12.3. The summed E-state index contributed by atoms with van der Waals surface area (Å²) >= 11 is 8.79. The summed E-state index contributed by atoms with van der Waals surface area (Å²) in [5.41, 5.74) is 0.220. The summed E-state index contributed by atoms with van der Waals surface area (Å²) in [5.74, 6) is -3.19. The number of aliphatic hydroxyl groups is 1. The van der Waals surface area contributed by atoms with E-state index in [1.165, 1.54) is 18.2 Å². The number of aliphatic hydroxyl groups excluding tert-OH is 1. The van der Waals surface area contributed by atoms with Crippen molar-refractivity contribution in [2.45, 2.75) is 0 Å². The van der Waals surface area contributed by atoms with E-state index in [4.69, 9.17) is 21.8 Å². The molecule has 0 atom stereocenters. The van der Waals surface area contributed by atoms with Gasteiger partial charge in [-0.1, -0.05) is 11.6 Å². The lowest BCUT2D eigenvalue weighted by Crippen LogP contribution is -2.04. The maximum Gasteiger partial charge on any atom is 0.371 e. The Bertz CT molecular complexity index is 482. The summed E-state index contributed by atoms with van der Waals surface area (Å²) in [4.78, 5) is 21.8. The number of aliphatic carboxylic acids is 1. The largest absolute Gasteiger partial charge is 0.502 e. The van der Waals surface area contributed by atoms with Crippen LogP contribution in [-0.2, 0) is 4.79 Å². The first-order valence-electron chi connectivity index (χ1n) is 4.05. The van der Waals surface area contributed by atoms with Crippen molar-refractivity contribution >= 4 is 39.3 Å². The Labute approximate surface area is 104 Å². The normalized spacial score (nSPS) is 11.2. The van der Waals surface area contributed by atoms with Crippen molar-refractivity contribution in [2.24, 2.45) is 0 Å². The molecule has 0 aliphatic carbocycles. The van der Waals surface area contributed by atoms with Crippen LogP contribution in [0.15, 0.2) is 34.5 Å². The number of carbonyl (C=O) groups excluding carboxylic acids is 1. The molecular formula is C10H6BrClO4. The van der Waals surface area contributed by atoms with Gasteiger partial charge in [-0.05, 0) is 34.1 Å². The van der Waals surface area contributed by atoms with E-state index in [1.54, 1.807) is 0 Å². The van der Waals surface area contributed by atoms with E-state index < -0.39 is 17.5 Å². The van der Waals surface area contributed by atoms with Crippen molar-refractivity contribution < 1.29 is 19.8 Å². The van der Waals surface area contributed by atoms with Gasteiger partial charge in [0.2, 0.25) is 5.76 Å². The highest BCUT2D eigenvalue weighted by Crippen LogP contribution is 2.22. The summed E-state index contributed by atoms with van der Waals surface area (Å²) < 4.78 is 0.430. The van der Waals surface area contributed by atoms with Crippen molar-refractivity contribution in [2.75, 3.05) is 0 Å². The van der Waals surface area contributed by atoms with Gasteiger partial charge >= 0.3 is 5.97 Å². The first-order valence-corrected chi connectivity index (χ1v) is 5.22. The second-order valence-corrected chi connectivity index (χ2v) is 4.11. The molecule has 0 radical (unpaired) electrons. The average molecular weight is 306 g/mol. The van der Waals surface area contributed by atoms with Gasteiger partial charge in [-0.2, -0.15) is 0 Å². The number of hydrogen-bond donors (Lipinski definition) is 2. The van der Waals surface area contributed by atoms with Crippen LogP contribution >= 0.6 is 27.5 Å². The molecule has 2 N–H and O–H groups in total. The third kappa shape index (κ3) is 3.08. The van der Waals surface area contributed by atoms with Gasteiger partial charge in [0.1, 0.15) is 0 Å². The van der Waals surface area contributed by atoms with Crippen molar-refractivity contribution in [3.8, 4) is 0 Å². The van der Waals surface area contributed by atoms with Crippen LogP contribution in [0.25, 0.3) is 0 Å². The minimum atomic E-state index is -1.56. The highest BCUT2D eigenvalue weighted by molar-refractivity contribution is 9.10. The van der Waals surface area contributed by atoms with E-state index >= 15 is 0 Å². The molecule has 0 aromatic heterocycles. The predicted octanol–water partition coefficient (Wildman–Crippen LogP) is 2.81. The molecule has 0 spiro atoms. The molecule has 1 aromatic rings. The van der Waals surface area contributed by atoms with Gasteiger partial charge < -0.3 is 10.2 Å². The fraction of sp³-hybridized carbons (Fsp3) is 0. The molecule has 0 saturated carbocycles. The molecule has 0 bridgehead atoms. The second kappa shape index (κ2) is 5.14. The minimum Gasteiger partial charge on any atom is -0.502 e. The van der Waals surface area contributed by atoms with Crippen LogP contribution in [0.2, 0.25) is 5.02 Å². The molecule has 0 saturated heterocycles. The number of carbonyl (C=O) groups is 2. The lowest BCUT2D eigenvalue weighted by molar-refractivity contribution is -0.135. The topological polar surface area (TPSA) is 74.6 Å². The van der Waals surface area contributed by atoms with Gasteiger partial charge in [-0.15, -0.1) is 0 Å². The molecule has 84 valence electrons. The Hall–Kier alpha value is -1.33. The maximum absolute atomic E-state index is 11.5. The first kappa shape index (κ1) is 12.7. The molecule has 0 aliphatic rings. The molecular weight excluding hydrogens is 299 g/mol. The van der Waals surface area contributed by atoms with Gasteiger partial charge in [0, 0.05) is 21.1 Å². The molecule has 0 fully saturated rings. The average Bonchev–Trinajstić information content (AvgIpc) is 2.16. The fourth-order valence-corrected chi connectivity index (χ4v) is 1.83. The number of ketones is 1. The van der Waals surface area contributed by atoms with Gasteiger partial charge in [0.05, 0.1) is 0 Å². The predicted molar refractivity (Wildman–Crippen MR) is 61.8 cm³/mol. The second-order valence-electron chi connectivity index (χ2n) is 2.82. The number of hydrogen-bond acceptors (Lipinski definition) is 3. The zero-order valence-corrected chi connectivity index (χ0v) is 10.1. The Morgan fingerprint density at radius 1 is 1.31 bits per heavy atom. The van der Waals surface area contributed by atoms with E-state index in [0.29, 0.717) is 15.6 Å². The number of halogens is 2. The molecule has 1 aromatic carbocycles. The minimum absolute atomic E-state index is 0.220. The highest BCUT2D eigenvalue weighted by atomic mass is 79.9. The highest BCUT2D eigenvalue weighted by Gasteiger charge is 2.12. The maximum atomic E-state index is 11.5. The van der Waals surface area contributed by atoms with E-state index in [1.807, 2.05) is 0 Å². The smallest absolute Gasteiger partial charge is 0.371 e. The summed E-state index contributed by atoms with van der Waals surface area (Å²) in [7, 11) is 0. The zero-order valence-electron chi connectivity index (χ0n) is 7.78. The number of carboxylic acid groups (broad SMARTS) is 1.